The third-order valence-electron chi connectivity index (χ3n) is 4.18. The summed E-state index contributed by atoms with van der Waals surface area (Å²) in [5, 5.41) is 7.32. The molecule has 0 spiro atoms. The van der Waals surface area contributed by atoms with Gasteiger partial charge in [0.1, 0.15) is 0 Å². The molecule has 2 heterocycles. The van der Waals surface area contributed by atoms with Gasteiger partial charge in [-0.2, -0.15) is 5.10 Å². The summed E-state index contributed by atoms with van der Waals surface area (Å²) < 4.78 is 0. The zero-order valence-electron chi connectivity index (χ0n) is 13.0. The largest absolute Gasteiger partial charge is 0.369 e. The number of nitrogens with zero attached hydrogens (tertiary/aromatic N) is 3. The Morgan fingerprint density at radius 2 is 1.90 bits per heavy atom. The van der Waals surface area contributed by atoms with Gasteiger partial charge in [-0.3, -0.25) is 10.00 Å². The van der Waals surface area contributed by atoms with Crippen LogP contribution < -0.4 is 4.90 Å². The Labute approximate surface area is 126 Å². The fourth-order valence-corrected chi connectivity index (χ4v) is 2.93. The number of aryl methyl sites for hydroxylation is 2. The Balaban J connectivity index is 1.49. The average Bonchev–Trinajstić information content (AvgIpc) is 2.91. The van der Waals surface area contributed by atoms with E-state index in [9.17, 15) is 0 Å². The van der Waals surface area contributed by atoms with Crippen LogP contribution >= 0.6 is 0 Å². The van der Waals surface area contributed by atoms with Gasteiger partial charge in [-0.25, -0.2) is 0 Å². The van der Waals surface area contributed by atoms with Crippen LogP contribution in [0.2, 0.25) is 0 Å². The molecule has 0 aliphatic carbocycles. The van der Waals surface area contributed by atoms with Gasteiger partial charge >= 0.3 is 0 Å². The minimum Gasteiger partial charge on any atom is -0.369 e. The lowest BCUT2D eigenvalue weighted by molar-refractivity contribution is 0.260. The number of benzene rings is 1. The second-order valence-electron chi connectivity index (χ2n) is 5.96. The topological polar surface area (TPSA) is 35.2 Å². The van der Waals surface area contributed by atoms with E-state index in [0.717, 1.165) is 44.8 Å². The molecule has 0 radical (unpaired) electrons. The summed E-state index contributed by atoms with van der Waals surface area (Å²) >= 11 is 0. The lowest BCUT2D eigenvalue weighted by Gasteiger charge is -2.36. The molecule has 0 unspecified atom stereocenters. The molecule has 1 aromatic heterocycles. The maximum atomic E-state index is 4.31. The molecule has 0 saturated carbocycles. The van der Waals surface area contributed by atoms with Crippen LogP contribution in [0.3, 0.4) is 0 Å². The molecule has 1 aliphatic rings. The van der Waals surface area contributed by atoms with Crippen LogP contribution in [-0.4, -0.2) is 47.8 Å². The summed E-state index contributed by atoms with van der Waals surface area (Å²) in [4.78, 5) is 5.03. The van der Waals surface area contributed by atoms with E-state index < -0.39 is 0 Å². The van der Waals surface area contributed by atoms with Crippen LogP contribution in [0.15, 0.2) is 30.3 Å². The number of H-pyrrole nitrogens is 1. The van der Waals surface area contributed by atoms with Crippen LogP contribution in [0.5, 0.6) is 0 Å². The zero-order valence-corrected chi connectivity index (χ0v) is 13.0. The Hall–Kier alpha value is -1.81. The van der Waals surface area contributed by atoms with Crippen molar-refractivity contribution in [1.29, 1.82) is 0 Å². The molecule has 21 heavy (non-hydrogen) atoms. The van der Waals surface area contributed by atoms with Gasteiger partial charge in [0.05, 0.1) is 5.69 Å². The van der Waals surface area contributed by atoms with Gasteiger partial charge in [0.2, 0.25) is 0 Å². The molecule has 0 bridgehead atoms. The fraction of sp³-hybridized carbons (Fsp3) is 0.471. The molecular weight excluding hydrogens is 260 g/mol. The SMILES string of the molecule is Cc1cccc(N2CCN(CCc3cc(C)[nH]n3)CC2)c1. The van der Waals surface area contributed by atoms with E-state index in [-0.39, 0.29) is 0 Å². The van der Waals surface area contributed by atoms with Crippen LogP contribution in [-0.2, 0) is 6.42 Å². The summed E-state index contributed by atoms with van der Waals surface area (Å²) in [7, 11) is 0. The lowest BCUT2D eigenvalue weighted by Crippen LogP contribution is -2.47. The predicted molar refractivity (Wildman–Crippen MR) is 86.9 cm³/mol. The Morgan fingerprint density at radius 1 is 1.10 bits per heavy atom. The van der Waals surface area contributed by atoms with Gasteiger partial charge < -0.3 is 4.90 Å². The van der Waals surface area contributed by atoms with E-state index in [2.05, 4.69) is 64.2 Å². The van der Waals surface area contributed by atoms with Crippen molar-refractivity contribution in [2.45, 2.75) is 20.3 Å². The molecule has 2 aromatic rings. The zero-order chi connectivity index (χ0) is 14.7. The summed E-state index contributed by atoms with van der Waals surface area (Å²) in [6.07, 6.45) is 1.04. The maximum absolute atomic E-state index is 4.31. The maximum Gasteiger partial charge on any atom is 0.0637 e. The van der Waals surface area contributed by atoms with Crippen LogP contribution in [0.1, 0.15) is 17.0 Å². The second kappa shape index (κ2) is 6.31. The number of hydrogen-bond donors (Lipinski definition) is 1. The van der Waals surface area contributed by atoms with Crippen molar-refractivity contribution in [3.05, 3.63) is 47.3 Å². The summed E-state index contributed by atoms with van der Waals surface area (Å²) in [5.41, 5.74) is 5.02. The minimum atomic E-state index is 1.04. The van der Waals surface area contributed by atoms with E-state index in [1.165, 1.54) is 16.9 Å². The highest BCUT2D eigenvalue weighted by atomic mass is 15.3. The van der Waals surface area contributed by atoms with Gasteiger partial charge in [0.15, 0.2) is 0 Å². The van der Waals surface area contributed by atoms with Gasteiger partial charge in [0.25, 0.3) is 0 Å². The van der Waals surface area contributed by atoms with E-state index in [0.29, 0.717) is 0 Å². The first-order chi connectivity index (χ1) is 10.2. The van der Waals surface area contributed by atoms with Crippen molar-refractivity contribution in [1.82, 2.24) is 15.1 Å². The first-order valence-corrected chi connectivity index (χ1v) is 7.75. The van der Waals surface area contributed by atoms with Gasteiger partial charge in [0, 0.05) is 50.5 Å². The van der Waals surface area contributed by atoms with Crippen molar-refractivity contribution in [3.63, 3.8) is 0 Å². The monoisotopic (exact) mass is 284 g/mol. The molecule has 1 fully saturated rings. The summed E-state index contributed by atoms with van der Waals surface area (Å²) in [6, 6.07) is 10.9. The Kier molecular flexibility index (Phi) is 4.25. The molecule has 1 aromatic carbocycles. The number of aromatic amines is 1. The van der Waals surface area contributed by atoms with Crippen molar-refractivity contribution in [2.24, 2.45) is 0 Å². The van der Waals surface area contributed by atoms with E-state index in [1.54, 1.807) is 0 Å². The van der Waals surface area contributed by atoms with Gasteiger partial charge in [-0.05, 0) is 37.6 Å². The lowest BCUT2D eigenvalue weighted by atomic mass is 10.2. The third kappa shape index (κ3) is 3.64. The normalized spacial score (nSPS) is 16.4. The Bertz CT molecular complexity index is 582. The standard InChI is InChI=1S/C17H24N4/c1-14-4-3-5-17(12-14)21-10-8-20(9-11-21)7-6-16-13-15(2)18-19-16/h3-5,12-13H,6-11H2,1-2H3,(H,18,19). The second-order valence-corrected chi connectivity index (χ2v) is 5.96. The smallest absolute Gasteiger partial charge is 0.0637 e. The molecule has 0 amide bonds. The third-order valence-corrected chi connectivity index (χ3v) is 4.18. The first kappa shape index (κ1) is 14.1. The average molecular weight is 284 g/mol. The number of anilines is 1. The molecule has 3 rings (SSSR count). The first-order valence-electron chi connectivity index (χ1n) is 7.75. The van der Waals surface area contributed by atoms with Gasteiger partial charge in [-0.1, -0.05) is 12.1 Å². The number of rotatable bonds is 4. The predicted octanol–water partition coefficient (Wildman–Crippen LogP) is 2.39. The van der Waals surface area contributed by atoms with E-state index >= 15 is 0 Å². The molecule has 0 atom stereocenters. The number of aromatic nitrogens is 2. The minimum absolute atomic E-state index is 1.04. The molecule has 1 N–H and O–H groups in total. The molecule has 1 saturated heterocycles. The van der Waals surface area contributed by atoms with Crippen LogP contribution in [0.25, 0.3) is 0 Å². The number of nitrogens with one attached hydrogen (secondary N) is 1. The molecule has 4 nitrogen and oxygen atoms in total. The molecular formula is C17H24N4. The summed E-state index contributed by atoms with van der Waals surface area (Å²) in [5.74, 6) is 0. The van der Waals surface area contributed by atoms with E-state index in [1.807, 2.05) is 0 Å². The van der Waals surface area contributed by atoms with Crippen molar-refractivity contribution < 1.29 is 0 Å². The van der Waals surface area contributed by atoms with Gasteiger partial charge in [-0.15, -0.1) is 0 Å². The fourth-order valence-electron chi connectivity index (χ4n) is 2.93. The van der Waals surface area contributed by atoms with Crippen LogP contribution in [0, 0.1) is 13.8 Å². The molecule has 1 aliphatic heterocycles. The number of piperazine rings is 1. The molecule has 4 heteroatoms. The summed E-state index contributed by atoms with van der Waals surface area (Å²) in [6.45, 7) is 9.81. The van der Waals surface area contributed by atoms with Crippen molar-refractivity contribution >= 4 is 5.69 Å². The van der Waals surface area contributed by atoms with Crippen molar-refractivity contribution in [3.8, 4) is 0 Å². The number of hydrogen-bond acceptors (Lipinski definition) is 3. The Morgan fingerprint density at radius 3 is 2.57 bits per heavy atom. The van der Waals surface area contributed by atoms with Crippen LogP contribution in [0.4, 0.5) is 5.69 Å². The van der Waals surface area contributed by atoms with Crippen molar-refractivity contribution in [2.75, 3.05) is 37.6 Å². The van der Waals surface area contributed by atoms with E-state index in [4.69, 9.17) is 0 Å². The highest BCUT2D eigenvalue weighted by Gasteiger charge is 2.17. The quantitative estimate of drug-likeness (QED) is 0.936. The highest BCUT2D eigenvalue weighted by Crippen LogP contribution is 2.17. The molecule has 112 valence electrons. The highest BCUT2D eigenvalue weighted by molar-refractivity contribution is 5.48.